The van der Waals surface area contributed by atoms with E-state index < -0.39 is 12.6 Å². The lowest BCUT2D eigenvalue weighted by Crippen LogP contribution is -2.38. The fraction of sp³-hybridized carbons (Fsp3) is 0.400. The molecule has 0 fully saturated rings. The summed E-state index contributed by atoms with van der Waals surface area (Å²) in [6.45, 7) is -0.00841. The molecule has 0 aliphatic carbocycles. The Kier molecular flexibility index (Phi) is 6.20. The Bertz CT molecular complexity index is 696. The molecule has 25 heavy (non-hydrogen) atoms. The number of ether oxygens (including phenoxy) is 1. The van der Waals surface area contributed by atoms with Gasteiger partial charge in [-0.3, -0.25) is 10.1 Å². The second kappa shape index (κ2) is 8.36. The van der Waals surface area contributed by atoms with Crippen LogP contribution in [-0.2, 0) is 6.54 Å². The van der Waals surface area contributed by atoms with Gasteiger partial charge in [-0.2, -0.15) is 18.3 Å². The van der Waals surface area contributed by atoms with Gasteiger partial charge in [0.2, 0.25) is 0 Å². The summed E-state index contributed by atoms with van der Waals surface area (Å²) in [5, 5.41) is 12.4. The minimum Gasteiger partial charge on any atom is -0.497 e. The van der Waals surface area contributed by atoms with Crippen LogP contribution < -0.4 is 15.4 Å². The molecule has 0 aliphatic heterocycles. The van der Waals surface area contributed by atoms with Crippen molar-refractivity contribution in [2.45, 2.75) is 19.1 Å². The van der Waals surface area contributed by atoms with E-state index in [0.29, 0.717) is 11.6 Å². The SMILES string of the molecule is CN=C(NCCC(F)(F)F)NCc1nc(-c2ccc(OC)cc2)n[nH]1. The van der Waals surface area contributed by atoms with Crippen LogP contribution in [0.25, 0.3) is 11.4 Å². The van der Waals surface area contributed by atoms with E-state index in [9.17, 15) is 13.2 Å². The second-order valence-corrected chi connectivity index (χ2v) is 5.05. The van der Waals surface area contributed by atoms with Crippen LogP contribution in [0, 0.1) is 0 Å². The van der Waals surface area contributed by atoms with E-state index in [-0.39, 0.29) is 19.0 Å². The third-order valence-electron chi connectivity index (χ3n) is 3.23. The highest BCUT2D eigenvalue weighted by atomic mass is 19.4. The van der Waals surface area contributed by atoms with Gasteiger partial charge in [-0.15, -0.1) is 0 Å². The summed E-state index contributed by atoms with van der Waals surface area (Å²) < 4.78 is 41.5. The summed E-state index contributed by atoms with van der Waals surface area (Å²) in [5.74, 6) is 2.03. The van der Waals surface area contributed by atoms with Crippen LogP contribution in [0.1, 0.15) is 12.2 Å². The standard InChI is InChI=1S/C15H19F3N6O/c1-19-14(20-8-7-15(16,17)18)21-9-12-22-13(24-23-12)10-3-5-11(25-2)6-4-10/h3-6H,7-9H2,1-2H3,(H2,19,20,21)(H,22,23,24). The Labute approximate surface area is 142 Å². The summed E-state index contributed by atoms with van der Waals surface area (Å²) in [6, 6.07) is 7.26. The number of nitrogens with zero attached hydrogens (tertiary/aromatic N) is 3. The molecule has 2 rings (SSSR count). The minimum absolute atomic E-state index is 0.245. The minimum atomic E-state index is -4.20. The number of aliphatic imine (C=N–C) groups is 1. The summed E-state index contributed by atoms with van der Waals surface area (Å²) in [7, 11) is 3.06. The number of hydrogen-bond donors (Lipinski definition) is 3. The maximum atomic E-state index is 12.1. The molecule has 136 valence electrons. The fourth-order valence-electron chi connectivity index (χ4n) is 1.95. The monoisotopic (exact) mass is 356 g/mol. The Morgan fingerprint density at radius 3 is 2.56 bits per heavy atom. The second-order valence-electron chi connectivity index (χ2n) is 5.05. The van der Waals surface area contributed by atoms with Crippen LogP contribution >= 0.6 is 0 Å². The van der Waals surface area contributed by atoms with Gasteiger partial charge in [-0.1, -0.05) is 0 Å². The van der Waals surface area contributed by atoms with E-state index in [1.165, 1.54) is 7.05 Å². The molecule has 10 heteroatoms. The molecule has 0 amide bonds. The molecule has 7 nitrogen and oxygen atoms in total. The maximum absolute atomic E-state index is 12.1. The summed E-state index contributed by atoms with van der Waals surface area (Å²) >= 11 is 0. The van der Waals surface area contributed by atoms with Gasteiger partial charge < -0.3 is 15.4 Å². The van der Waals surface area contributed by atoms with Crippen molar-refractivity contribution >= 4 is 5.96 Å². The molecule has 0 aliphatic rings. The molecule has 1 heterocycles. The van der Waals surface area contributed by atoms with Crippen molar-refractivity contribution in [1.82, 2.24) is 25.8 Å². The first-order valence-electron chi connectivity index (χ1n) is 7.48. The smallest absolute Gasteiger partial charge is 0.390 e. The van der Waals surface area contributed by atoms with Gasteiger partial charge >= 0.3 is 6.18 Å². The highest BCUT2D eigenvalue weighted by Gasteiger charge is 2.26. The Morgan fingerprint density at radius 2 is 1.96 bits per heavy atom. The van der Waals surface area contributed by atoms with E-state index in [4.69, 9.17) is 4.74 Å². The molecular weight excluding hydrogens is 337 g/mol. The Morgan fingerprint density at radius 1 is 1.24 bits per heavy atom. The molecular formula is C15H19F3N6O. The van der Waals surface area contributed by atoms with Crippen LogP contribution in [0.15, 0.2) is 29.3 Å². The van der Waals surface area contributed by atoms with E-state index >= 15 is 0 Å². The number of benzene rings is 1. The van der Waals surface area contributed by atoms with Crippen molar-refractivity contribution in [3.63, 3.8) is 0 Å². The van der Waals surface area contributed by atoms with Gasteiger partial charge in [-0.05, 0) is 24.3 Å². The number of halogens is 3. The van der Waals surface area contributed by atoms with Crippen molar-refractivity contribution in [1.29, 1.82) is 0 Å². The number of alkyl halides is 3. The third-order valence-corrected chi connectivity index (χ3v) is 3.23. The number of methoxy groups -OCH3 is 1. The van der Waals surface area contributed by atoms with Crippen LogP contribution in [0.2, 0.25) is 0 Å². The molecule has 2 aromatic rings. The molecule has 0 unspecified atom stereocenters. The van der Waals surface area contributed by atoms with Gasteiger partial charge in [0.05, 0.1) is 20.1 Å². The van der Waals surface area contributed by atoms with E-state index in [0.717, 1.165) is 11.3 Å². The first-order valence-corrected chi connectivity index (χ1v) is 7.48. The fourth-order valence-corrected chi connectivity index (χ4v) is 1.95. The zero-order valence-corrected chi connectivity index (χ0v) is 13.8. The molecule has 1 aromatic carbocycles. The molecule has 0 atom stereocenters. The van der Waals surface area contributed by atoms with Crippen LogP contribution in [0.4, 0.5) is 13.2 Å². The zero-order chi connectivity index (χ0) is 18.3. The average Bonchev–Trinajstić information content (AvgIpc) is 3.06. The molecule has 0 spiro atoms. The summed E-state index contributed by atoms with van der Waals surface area (Å²) in [5.41, 5.74) is 0.816. The lowest BCUT2D eigenvalue weighted by Gasteiger charge is -2.11. The number of H-pyrrole nitrogens is 1. The highest BCUT2D eigenvalue weighted by Crippen LogP contribution is 2.19. The first-order chi connectivity index (χ1) is 11.9. The Balaban J connectivity index is 1.87. The van der Waals surface area contributed by atoms with Crippen LogP contribution in [0.3, 0.4) is 0 Å². The lowest BCUT2D eigenvalue weighted by atomic mass is 10.2. The third kappa shape index (κ3) is 5.98. The van der Waals surface area contributed by atoms with Crippen molar-refractivity contribution in [3.05, 3.63) is 30.1 Å². The number of rotatable bonds is 6. The predicted molar refractivity (Wildman–Crippen MR) is 87.2 cm³/mol. The maximum Gasteiger partial charge on any atom is 0.390 e. The zero-order valence-electron chi connectivity index (χ0n) is 13.8. The molecule has 0 saturated heterocycles. The van der Waals surface area contributed by atoms with Crippen molar-refractivity contribution in [3.8, 4) is 17.1 Å². The lowest BCUT2D eigenvalue weighted by molar-refractivity contribution is -0.132. The molecule has 0 bridgehead atoms. The largest absolute Gasteiger partial charge is 0.497 e. The van der Waals surface area contributed by atoms with E-state index in [1.54, 1.807) is 19.2 Å². The Hall–Kier alpha value is -2.78. The summed E-state index contributed by atoms with van der Waals surface area (Å²) in [6.07, 6.45) is -5.14. The molecule has 0 saturated carbocycles. The highest BCUT2D eigenvalue weighted by molar-refractivity contribution is 5.79. The summed E-state index contributed by atoms with van der Waals surface area (Å²) in [4.78, 5) is 8.19. The predicted octanol–water partition coefficient (Wildman–Crippen LogP) is 2.10. The van der Waals surface area contributed by atoms with Gasteiger partial charge in [0, 0.05) is 19.2 Å². The van der Waals surface area contributed by atoms with Crippen molar-refractivity contribution in [2.24, 2.45) is 4.99 Å². The number of aromatic amines is 1. The van der Waals surface area contributed by atoms with Gasteiger partial charge in [0.1, 0.15) is 11.6 Å². The topological polar surface area (TPSA) is 87.2 Å². The molecule has 3 N–H and O–H groups in total. The van der Waals surface area contributed by atoms with Gasteiger partial charge in [0.15, 0.2) is 11.8 Å². The normalized spacial score (nSPS) is 12.1. The first kappa shape index (κ1) is 18.6. The average molecular weight is 356 g/mol. The number of nitrogens with one attached hydrogen (secondary N) is 3. The van der Waals surface area contributed by atoms with Crippen molar-refractivity contribution in [2.75, 3.05) is 20.7 Å². The van der Waals surface area contributed by atoms with E-state index in [2.05, 4.69) is 30.8 Å². The van der Waals surface area contributed by atoms with E-state index in [1.807, 2.05) is 12.1 Å². The van der Waals surface area contributed by atoms with Gasteiger partial charge in [0.25, 0.3) is 0 Å². The quantitative estimate of drug-likeness (QED) is 0.545. The van der Waals surface area contributed by atoms with Crippen molar-refractivity contribution < 1.29 is 17.9 Å². The number of guanidine groups is 1. The molecule has 0 radical (unpaired) electrons. The van der Waals surface area contributed by atoms with Gasteiger partial charge in [-0.25, -0.2) is 4.98 Å². The number of hydrogen-bond acceptors (Lipinski definition) is 4. The molecule has 1 aromatic heterocycles. The van der Waals surface area contributed by atoms with Crippen LogP contribution in [-0.4, -0.2) is 48.0 Å². The number of aromatic nitrogens is 3. The van der Waals surface area contributed by atoms with Crippen LogP contribution in [0.5, 0.6) is 5.75 Å².